The Morgan fingerprint density at radius 3 is 2.31 bits per heavy atom. The van der Waals surface area contributed by atoms with Gasteiger partial charge in [-0.1, -0.05) is 72.8 Å². The van der Waals surface area contributed by atoms with Gasteiger partial charge >= 0.3 is 0 Å². The SMILES string of the molecule is CC(C(=O)NC1CCCCC1)N(CCc1ccccc1)C(=O)CN(c1ccc(Cl)c(Cl)c1)S(C)(=O)=O. The van der Waals surface area contributed by atoms with Crippen LogP contribution >= 0.6 is 23.2 Å². The van der Waals surface area contributed by atoms with E-state index in [4.69, 9.17) is 23.2 Å². The van der Waals surface area contributed by atoms with Crippen LogP contribution in [0.25, 0.3) is 0 Å². The first kappa shape index (κ1) is 28.3. The van der Waals surface area contributed by atoms with E-state index in [2.05, 4.69) is 5.32 Å². The van der Waals surface area contributed by atoms with Crippen LogP contribution in [0.2, 0.25) is 10.0 Å². The topological polar surface area (TPSA) is 86.8 Å². The Balaban J connectivity index is 1.82. The van der Waals surface area contributed by atoms with Crippen molar-refractivity contribution in [2.75, 3.05) is 23.7 Å². The van der Waals surface area contributed by atoms with Crippen molar-refractivity contribution in [3.05, 3.63) is 64.1 Å². The van der Waals surface area contributed by atoms with Gasteiger partial charge in [-0.25, -0.2) is 8.42 Å². The fourth-order valence-corrected chi connectivity index (χ4v) is 5.53. The van der Waals surface area contributed by atoms with Gasteiger partial charge in [0.2, 0.25) is 21.8 Å². The van der Waals surface area contributed by atoms with E-state index in [0.29, 0.717) is 6.42 Å². The average molecular weight is 555 g/mol. The number of benzene rings is 2. The van der Waals surface area contributed by atoms with Gasteiger partial charge in [-0.05, 0) is 49.9 Å². The number of sulfonamides is 1. The molecule has 0 aromatic heterocycles. The first-order chi connectivity index (χ1) is 17.1. The van der Waals surface area contributed by atoms with Crippen molar-refractivity contribution in [2.45, 2.75) is 57.5 Å². The zero-order valence-electron chi connectivity index (χ0n) is 20.6. The van der Waals surface area contributed by atoms with Crippen LogP contribution in [0.5, 0.6) is 0 Å². The zero-order chi connectivity index (χ0) is 26.3. The van der Waals surface area contributed by atoms with Gasteiger partial charge in [0.25, 0.3) is 0 Å². The number of halogens is 2. The lowest BCUT2D eigenvalue weighted by Crippen LogP contribution is -2.53. The van der Waals surface area contributed by atoms with E-state index in [-0.39, 0.29) is 34.2 Å². The summed E-state index contributed by atoms with van der Waals surface area (Å²) in [5.41, 5.74) is 1.24. The predicted molar refractivity (Wildman–Crippen MR) is 145 cm³/mol. The molecule has 2 aromatic rings. The van der Waals surface area contributed by atoms with Gasteiger partial charge in [-0.15, -0.1) is 0 Å². The molecule has 0 spiro atoms. The summed E-state index contributed by atoms with van der Waals surface area (Å²) in [4.78, 5) is 28.2. The van der Waals surface area contributed by atoms with Crippen molar-refractivity contribution in [1.29, 1.82) is 0 Å². The van der Waals surface area contributed by atoms with E-state index >= 15 is 0 Å². The lowest BCUT2D eigenvalue weighted by atomic mass is 9.95. The van der Waals surface area contributed by atoms with Crippen LogP contribution < -0.4 is 9.62 Å². The lowest BCUT2D eigenvalue weighted by Gasteiger charge is -2.33. The number of carbonyl (C=O) groups is 2. The highest BCUT2D eigenvalue weighted by Gasteiger charge is 2.31. The Labute approximate surface area is 223 Å². The monoisotopic (exact) mass is 553 g/mol. The molecule has 1 atom stereocenters. The number of hydrogen-bond acceptors (Lipinski definition) is 4. The molecular weight excluding hydrogens is 521 g/mol. The number of carbonyl (C=O) groups excluding carboxylic acids is 2. The Kier molecular flexibility index (Phi) is 10.0. The summed E-state index contributed by atoms with van der Waals surface area (Å²) in [6.07, 6.45) is 6.71. The molecule has 0 aliphatic heterocycles. The smallest absolute Gasteiger partial charge is 0.244 e. The summed E-state index contributed by atoms with van der Waals surface area (Å²) in [7, 11) is -3.83. The van der Waals surface area contributed by atoms with E-state index < -0.39 is 28.5 Å². The Bertz CT molecular complexity index is 1160. The van der Waals surface area contributed by atoms with E-state index in [9.17, 15) is 18.0 Å². The molecule has 1 unspecified atom stereocenters. The summed E-state index contributed by atoms with van der Waals surface area (Å²) >= 11 is 12.1. The lowest BCUT2D eigenvalue weighted by molar-refractivity contribution is -0.139. The molecular formula is C26H33Cl2N3O4S. The Hall–Kier alpha value is -2.29. The number of hydrogen-bond donors (Lipinski definition) is 1. The molecule has 1 N–H and O–H groups in total. The first-order valence-corrected chi connectivity index (χ1v) is 14.7. The third kappa shape index (κ3) is 7.85. The molecule has 10 heteroatoms. The summed E-state index contributed by atoms with van der Waals surface area (Å²) < 4.78 is 26.2. The second-order valence-electron chi connectivity index (χ2n) is 9.21. The Morgan fingerprint density at radius 2 is 1.69 bits per heavy atom. The van der Waals surface area contributed by atoms with Crippen molar-refractivity contribution in [2.24, 2.45) is 0 Å². The normalized spacial score (nSPS) is 15.2. The molecule has 3 rings (SSSR count). The zero-order valence-corrected chi connectivity index (χ0v) is 23.0. The minimum atomic E-state index is -3.83. The molecule has 1 aliphatic carbocycles. The van der Waals surface area contributed by atoms with E-state index in [1.165, 1.54) is 29.5 Å². The van der Waals surface area contributed by atoms with Gasteiger partial charge in [-0.2, -0.15) is 0 Å². The third-order valence-electron chi connectivity index (χ3n) is 6.47. The standard InChI is InChI=1S/C26H33Cl2N3O4S/c1-19(26(33)29-21-11-7-4-8-12-21)30(16-15-20-9-5-3-6-10-20)25(32)18-31(36(2,34)35)22-13-14-23(27)24(28)17-22/h3,5-6,9-10,13-14,17,19,21H,4,7-8,11-12,15-16,18H2,1-2H3,(H,29,33). The maximum Gasteiger partial charge on any atom is 0.244 e. The van der Waals surface area contributed by atoms with Crippen LogP contribution in [0.1, 0.15) is 44.6 Å². The molecule has 2 aromatic carbocycles. The van der Waals surface area contributed by atoms with Gasteiger partial charge in [0, 0.05) is 12.6 Å². The fraction of sp³-hybridized carbons (Fsp3) is 0.462. The van der Waals surface area contributed by atoms with E-state index in [1.54, 1.807) is 6.92 Å². The summed E-state index contributed by atoms with van der Waals surface area (Å²) in [6.45, 7) is 1.48. The van der Waals surface area contributed by atoms with Gasteiger partial charge in [0.15, 0.2) is 0 Å². The molecule has 2 amide bonds. The van der Waals surface area contributed by atoms with Crippen molar-refractivity contribution in [3.8, 4) is 0 Å². The Morgan fingerprint density at radius 1 is 1.03 bits per heavy atom. The van der Waals surface area contributed by atoms with E-state index in [1.807, 2.05) is 30.3 Å². The van der Waals surface area contributed by atoms with Crippen molar-refractivity contribution < 1.29 is 18.0 Å². The molecule has 0 saturated heterocycles. The molecule has 1 aliphatic rings. The molecule has 0 radical (unpaired) electrons. The molecule has 0 bridgehead atoms. The second-order valence-corrected chi connectivity index (χ2v) is 11.9. The molecule has 1 saturated carbocycles. The van der Waals surface area contributed by atoms with Gasteiger partial charge in [-0.3, -0.25) is 13.9 Å². The van der Waals surface area contributed by atoms with Crippen molar-refractivity contribution >= 4 is 50.7 Å². The highest BCUT2D eigenvalue weighted by Crippen LogP contribution is 2.28. The van der Waals surface area contributed by atoms with Crippen LogP contribution in [0.15, 0.2) is 48.5 Å². The number of nitrogens with one attached hydrogen (secondary N) is 1. The highest BCUT2D eigenvalue weighted by atomic mass is 35.5. The minimum absolute atomic E-state index is 0.100. The number of anilines is 1. The largest absolute Gasteiger partial charge is 0.352 e. The maximum atomic E-state index is 13.6. The molecule has 1 fully saturated rings. The average Bonchev–Trinajstić information content (AvgIpc) is 2.85. The highest BCUT2D eigenvalue weighted by molar-refractivity contribution is 7.92. The third-order valence-corrected chi connectivity index (χ3v) is 8.35. The van der Waals surface area contributed by atoms with E-state index in [0.717, 1.165) is 41.8 Å². The summed E-state index contributed by atoms with van der Waals surface area (Å²) in [5.74, 6) is -0.711. The molecule has 196 valence electrons. The summed E-state index contributed by atoms with van der Waals surface area (Å²) in [5, 5.41) is 3.54. The van der Waals surface area contributed by atoms with Crippen molar-refractivity contribution in [3.63, 3.8) is 0 Å². The first-order valence-electron chi connectivity index (χ1n) is 12.1. The van der Waals surface area contributed by atoms with Crippen LogP contribution in [0, 0.1) is 0 Å². The number of amides is 2. The molecule has 0 heterocycles. The quantitative estimate of drug-likeness (QED) is 0.463. The van der Waals surface area contributed by atoms with Crippen LogP contribution in [0.3, 0.4) is 0 Å². The van der Waals surface area contributed by atoms with Crippen LogP contribution in [-0.4, -0.2) is 56.6 Å². The van der Waals surface area contributed by atoms with Crippen molar-refractivity contribution in [1.82, 2.24) is 10.2 Å². The van der Waals surface area contributed by atoms with Crippen LogP contribution in [-0.2, 0) is 26.0 Å². The fourth-order valence-electron chi connectivity index (χ4n) is 4.39. The second kappa shape index (κ2) is 12.8. The predicted octanol–water partition coefficient (Wildman–Crippen LogP) is 4.67. The molecule has 36 heavy (non-hydrogen) atoms. The van der Waals surface area contributed by atoms with Gasteiger partial charge < -0.3 is 10.2 Å². The molecule has 7 nitrogen and oxygen atoms in total. The van der Waals surface area contributed by atoms with Gasteiger partial charge in [0.05, 0.1) is 22.0 Å². The number of rotatable bonds is 10. The summed E-state index contributed by atoms with van der Waals surface area (Å²) in [6, 6.07) is 13.4. The number of nitrogens with zero attached hydrogens (tertiary/aromatic N) is 2. The van der Waals surface area contributed by atoms with Gasteiger partial charge in [0.1, 0.15) is 12.6 Å². The maximum absolute atomic E-state index is 13.6. The minimum Gasteiger partial charge on any atom is -0.352 e. The van der Waals surface area contributed by atoms with Crippen LogP contribution in [0.4, 0.5) is 5.69 Å².